The van der Waals surface area contributed by atoms with Crippen molar-refractivity contribution in [3.63, 3.8) is 0 Å². The van der Waals surface area contributed by atoms with Crippen LogP contribution in [0.25, 0.3) is 0 Å². The molecule has 0 atom stereocenters. The summed E-state index contributed by atoms with van der Waals surface area (Å²) in [5.74, 6) is 0. The van der Waals surface area contributed by atoms with E-state index in [4.69, 9.17) is 21.0 Å². The van der Waals surface area contributed by atoms with Crippen LogP contribution in [-0.4, -0.2) is 71.9 Å². The molecule has 0 fully saturated rings. The minimum atomic E-state index is 0. The monoisotopic (exact) mass is 706 g/mol. The first-order chi connectivity index (χ1) is 16.8. The molecule has 0 rings (SSSR count). The second kappa shape index (κ2) is 45.9. The van der Waals surface area contributed by atoms with Gasteiger partial charge in [0.25, 0.3) is 0 Å². The minimum Gasteiger partial charge on any atom is -0.689 e. The van der Waals surface area contributed by atoms with Crippen LogP contribution < -0.4 is 21.0 Å². The van der Waals surface area contributed by atoms with Crippen molar-refractivity contribution in [1.82, 2.24) is 0 Å². The van der Waals surface area contributed by atoms with Crippen LogP contribution in [0.1, 0.15) is 0 Å². The molecule has 0 N–H and O–H groups in total. The van der Waals surface area contributed by atoms with Crippen LogP contribution in [0.5, 0.6) is 0 Å². The summed E-state index contributed by atoms with van der Waals surface area (Å²) in [4.78, 5) is 0. The maximum atomic E-state index is 9.05. The van der Waals surface area contributed by atoms with Gasteiger partial charge in [0.1, 0.15) is 0 Å². The summed E-state index contributed by atoms with van der Waals surface area (Å²) >= 11 is 0. The van der Waals surface area contributed by atoms with Crippen molar-refractivity contribution in [3.8, 4) is 0 Å². The molecule has 0 aromatic heterocycles. The van der Waals surface area contributed by atoms with Crippen LogP contribution in [0.15, 0.2) is 0 Å². The molecule has 0 aromatic rings. The third kappa shape index (κ3) is 48.1. The summed E-state index contributed by atoms with van der Waals surface area (Å²) < 4.78 is 0. The van der Waals surface area contributed by atoms with Gasteiger partial charge in [0.05, 0.1) is 0 Å². The molecule has 0 aromatic carbocycles. The Morgan fingerprint density at radius 3 is 0.361 bits per heavy atom. The van der Waals surface area contributed by atoms with Crippen molar-refractivity contribution in [3.05, 3.63) is 0 Å². The van der Waals surface area contributed by atoms with Crippen molar-refractivity contribution in [1.29, 1.82) is 0 Å². The summed E-state index contributed by atoms with van der Waals surface area (Å²) in [6.07, 6.45) is 0. The van der Waals surface area contributed by atoms with E-state index in [1.165, 1.54) is 0 Å². The Morgan fingerprint density at radius 1 is 0.194 bits per heavy atom. The molecule has 36 heavy (non-hydrogen) atoms. The molecular formula is BaMgO34. The van der Waals surface area contributed by atoms with Crippen molar-refractivity contribution < 1.29 is 172 Å². The van der Waals surface area contributed by atoms with Gasteiger partial charge in [-0.3, -0.25) is 20.2 Å². The third-order valence-electron chi connectivity index (χ3n) is 0.778. The normalized spacial score (nSPS) is 10.3. The topological polar surface area (TPSA) is 369 Å². The largest absolute Gasteiger partial charge is 2.00 e. The van der Waals surface area contributed by atoms with E-state index in [9.17, 15) is 0 Å². The van der Waals surface area contributed by atoms with Gasteiger partial charge in [-0.1, -0.05) is 0 Å². The molecule has 0 radical (unpaired) electrons. The maximum Gasteiger partial charge on any atom is 2.00 e. The Bertz CT molecular complexity index is 250. The molecule has 0 heterocycles. The summed E-state index contributed by atoms with van der Waals surface area (Å²) in [6, 6.07) is 0. The van der Waals surface area contributed by atoms with Gasteiger partial charge in [-0.15, -0.1) is 0 Å². The van der Waals surface area contributed by atoms with Gasteiger partial charge in [0, 0.05) is 0 Å². The van der Waals surface area contributed by atoms with Crippen molar-refractivity contribution in [2.24, 2.45) is 0 Å². The maximum absolute atomic E-state index is 9.05. The average molecular weight is 706 g/mol. The fraction of sp³-hybridized carbons (Fsp3) is 0. The van der Waals surface area contributed by atoms with Crippen LogP contribution in [-0.2, 0) is 151 Å². The molecule has 0 aliphatic rings. The predicted octanol–water partition coefficient (Wildman–Crippen LogP) is -7.57. The van der Waals surface area contributed by atoms with Gasteiger partial charge in [0.2, 0.25) is 0 Å². The Morgan fingerprint density at radius 2 is 0.278 bits per heavy atom. The zero-order valence-electron chi connectivity index (χ0n) is 15.3. The van der Waals surface area contributed by atoms with E-state index in [1.807, 2.05) is 0 Å². The average Bonchev–Trinajstić information content (AvgIpc) is 2.85. The van der Waals surface area contributed by atoms with Crippen LogP contribution >= 0.6 is 0 Å². The standard InChI is InChI=1S/Ba.Mg.2H2O17/c;;2*1-3-5-7-9-11-13-15-17-16-14-12-10-8-6-4-2/h;;2*1-2H/q2*+2;;/p-4. The van der Waals surface area contributed by atoms with Crippen LogP contribution in [0.2, 0.25) is 0 Å². The zero-order chi connectivity index (χ0) is 25.2. The number of hydrogen-bond donors (Lipinski definition) is 0. The van der Waals surface area contributed by atoms with E-state index in [2.05, 4.69) is 151 Å². The third-order valence-corrected chi connectivity index (χ3v) is 0.778. The first-order valence-corrected chi connectivity index (χ1v) is 5.33. The number of rotatable bonds is 28. The SMILES string of the molecule is [Ba+2].[Mg+2].[O-]OOOOOOOOOOOOOOO[O-].[O-]OOOOOOOOOOOOOOO[O-]. The van der Waals surface area contributed by atoms with E-state index >= 15 is 0 Å². The van der Waals surface area contributed by atoms with E-state index in [0.717, 1.165) is 0 Å². The smallest absolute Gasteiger partial charge is 0.689 e. The molecule has 0 bridgehead atoms. The summed E-state index contributed by atoms with van der Waals surface area (Å²) in [7, 11) is 0. The summed E-state index contributed by atoms with van der Waals surface area (Å²) in [5, 5.41) is 133. The number of hydrogen-bond acceptors (Lipinski definition) is 34. The minimum absolute atomic E-state index is 0. The predicted molar refractivity (Wildman–Crippen MR) is 44.1 cm³/mol. The van der Waals surface area contributed by atoms with Gasteiger partial charge in [-0.25, -0.2) is 0 Å². The Kier molecular flexibility index (Phi) is 56.1. The van der Waals surface area contributed by atoms with Gasteiger partial charge in [-0.05, 0) is 131 Å². The summed E-state index contributed by atoms with van der Waals surface area (Å²) in [6.45, 7) is 0. The zero-order valence-corrected chi connectivity index (χ0v) is 21.1. The second-order valence-corrected chi connectivity index (χ2v) is 2.04. The van der Waals surface area contributed by atoms with E-state index in [-0.39, 0.29) is 71.9 Å². The van der Waals surface area contributed by atoms with Crippen molar-refractivity contribution >= 4 is 71.9 Å². The van der Waals surface area contributed by atoms with Gasteiger partial charge in [0.15, 0.2) is 0 Å². The Labute approximate surface area is 243 Å². The molecule has 0 unspecified atom stereocenters. The second-order valence-electron chi connectivity index (χ2n) is 2.04. The molecule has 0 saturated carbocycles. The quantitative estimate of drug-likeness (QED) is 0.0315. The first kappa shape index (κ1) is 44.0. The molecule has 0 aliphatic carbocycles. The Hall–Kier alpha value is 0.978. The fourth-order valence-corrected chi connectivity index (χ4v) is 0.295. The molecule has 0 spiro atoms. The molecule has 0 amide bonds. The molecule has 36 heteroatoms. The van der Waals surface area contributed by atoms with E-state index in [0.29, 0.717) is 0 Å². The molecule has 34 nitrogen and oxygen atoms in total. The van der Waals surface area contributed by atoms with Crippen LogP contribution in [0.4, 0.5) is 0 Å². The first-order valence-electron chi connectivity index (χ1n) is 5.33. The fourth-order valence-electron chi connectivity index (χ4n) is 0.295. The molecule has 0 aliphatic heterocycles. The van der Waals surface area contributed by atoms with Gasteiger partial charge >= 0.3 is 71.9 Å². The molecule has 0 saturated heterocycles. The summed E-state index contributed by atoms with van der Waals surface area (Å²) in [5.41, 5.74) is 0. The van der Waals surface area contributed by atoms with Crippen molar-refractivity contribution in [2.45, 2.75) is 0 Å². The van der Waals surface area contributed by atoms with Crippen molar-refractivity contribution in [2.75, 3.05) is 0 Å². The van der Waals surface area contributed by atoms with E-state index < -0.39 is 0 Å². The van der Waals surface area contributed by atoms with Gasteiger partial charge in [-0.2, -0.15) is 0 Å². The molecular weight excluding hydrogens is 706 g/mol. The Balaban J connectivity index is -0.000000269. The van der Waals surface area contributed by atoms with Gasteiger partial charge < -0.3 is 21.0 Å². The van der Waals surface area contributed by atoms with Crippen LogP contribution in [0.3, 0.4) is 0 Å². The van der Waals surface area contributed by atoms with E-state index in [1.54, 1.807) is 0 Å². The molecule has 208 valence electrons. The van der Waals surface area contributed by atoms with Crippen LogP contribution in [0, 0.1) is 0 Å².